The summed E-state index contributed by atoms with van der Waals surface area (Å²) in [4.78, 5) is 8.66. The second-order valence-corrected chi connectivity index (χ2v) is 5.36. The van der Waals surface area contributed by atoms with Crippen molar-refractivity contribution in [1.82, 2.24) is 9.97 Å². The largest absolute Gasteiger partial charge is 0.473 e. The first-order valence-corrected chi connectivity index (χ1v) is 7.25. The Morgan fingerprint density at radius 3 is 2.63 bits per heavy atom. The highest BCUT2D eigenvalue weighted by molar-refractivity contribution is 9.10. The van der Waals surface area contributed by atoms with Crippen molar-refractivity contribution in [2.45, 2.75) is 26.4 Å². The molecule has 0 fully saturated rings. The van der Waals surface area contributed by atoms with Gasteiger partial charge in [0.15, 0.2) is 0 Å². The Hall–Kier alpha value is -1.13. The van der Waals surface area contributed by atoms with E-state index < -0.39 is 0 Å². The second-order valence-electron chi connectivity index (χ2n) is 4.11. The molecule has 0 N–H and O–H groups in total. The van der Waals surface area contributed by atoms with E-state index in [0.717, 1.165) is 33.9 Å². The molecule has 1 aromatic carbocycles. The summed E-state index contributed by atoms with van der Waals surface area (Å²) in [6.45, 7) is 2.56. The Bertz CT molecular complexity index is 546. The Labute approximate surface area is 126 Å². The SMILES string of the molecule is CCCc1nc(Br)cc(OCc2ccc(Cl)cc2)n1. The molecule has 0 spiro atoms. The lowest BCUT2D eigenvalue weighted by Gasteiger charge is -2.07. The van der Waals surface area contributed by atoms with Gasteiger partial charge in [0, 0.05) is 17.5 Å². The van der Waals surface area contributed by atoms with Crippen LogP contribution in [-0.4, -0.2) is 9.97 Å². The zero-order valence-electron chi connectivity index (χ0n) is 10.6. The van der Waals surface area contributed by atoms with Gasteiger partial charge in [0.25, 0.3) is 0 Å². The van der Waals surface area contributed by atoms with E-state index in [4.69, 9.17) is 16.3 Å². The van der Waals surface area contributed by atoms with Gasteiger partial charge in [0.2, 0.25) is 5.88 Å². The molecule has 0 aliphatic carbocycles. The van der Waals surface area contributed by atoms with E-state index in [1.807, 2.05) is 24.3 Å². The van der Waals surface area contributed by atoms with Crippen LogP contribution < -0.4 is 4.74 Å². The van der Waals surface area contributed by atoms with Gasteiger partial charge in [0.1, 0.15) is 17.0 Å². The Kier molecular flexibility index (Phi) is 5.16. The number of aryl methyl sites for hydroxylation is 1. The molecule has 1 heterocycles. The molecule has 0 atom stereocenters. The molecule has 1 aromatic heterocycles. The minimum atomic E-state index is 0.464. The molecule has 2 rings (SSSR count). The normalized spacial score (nSPS) is 10.5. The topological polar surface area (TPSA) is 35.0 Å². The van der Waals surface area contributed by atoms with Crippen LogP contribution in [0.15, 0.2) is 34.9 Å². The number of rotatable bonds is 5. The number of hydrogen-bond acceptors (Lipinski definition) is 3. The van der Waals surface area contributed by atoms with Crippen molar-refractivity contribution in [1.29, 1.82) is 0 Å². The van der Waals surface area contributed by atoms with Crippen molar-refractivity contribution < 1.29 is 4.74 Å². The Balaban J connectivity index is 2.04. The molecular weight excluding hydrogens is 328 g/mol. The summed E-state index contributed by atoms with van der Waals surface area (Å²) in [6, 6.07) is 9.34. The maximum absolute atomic E-state index is 5.84. The molecular formula is C14H14BrClN2O. The average molecular weight is 342 g/mol. The van der Waals surface area contributed by atoms with E-state index in [1.54, 1.807) is 6.07 Å². The molecule has 0 saturated carbocycles. The molecule has 0 aliphatic rings. The van der Waals surface area contributed by atoms with Gasteiger partial charge in [-0.1, -0.05) is 30.7 Å². The van der Waals surface area contributed by atoms with Gasteiger partial charge in [-0.3, -0.25) is 0 Å². The number of nitrogens with zero attached hydrogens (tertiary/aromatic N) is 2. The number of halogens is 2. The molecule has 0 amide bonds. The van der Waals surface area contributed by atoms with Gasteiger partial charge in [0.05, 0.1) is 0 Å². The Morgan fingerprint density at radius 1 is 1.21 bits per heavy atom. The maximum Gasteiger partial charge on any atom is 0.218 e. The zero-order chi connectivity index (χ0) is 13.7. The number of ether oxygens (including phenoxy) is 1. The molecule has 0 bridgehead atoms. The minimum absolute atomic E-state index is 0.464. The fourth-order valence-corrected chi connectivity index (χ4v) is 2.12. The zero-order valence-corrected chi connectivity index (χ0v) is 12.9. The van der Waals surface area contributed by atoms with E-state index in [-0.39, 0.29) is 0 Å². The first-order chi connectivity index (χ1) is 9.17. The van der Waals surface area contributed by atoms with Crippen molar-refractivity contribution in [3.8, 4) is 5.88 Å². The third-order valence-electron chi connectivity index (χ3n) is 2.49. The van der Waals surface area contributed by atoms with Gasteiger partial charge in [-0.2, -0.15) is 4.98 Å². The van der Waals surface area contributed by atoms with E-state index >= 15 is 0 Å². The van der Waals surface area contributed by atoms with E-state index in [0.29, 0.717) is 12.5 Å². The summed E-state index contributed by atoms with van der Waals surface area (Å²) >= 11 is 9.21. The molecule has 100 valence electrons. The predicted octanol–water partition coefficient (Wildman–Crippen LogP) is 4.42. The number of benzene rings is 1. The first kappa shape index (κ1) is 14.3. The Morgan fingerprint density at radius 2 is 1.95 bits per heavy atom. The first-order valence-electron chi connectivity index (χ1n) is 6.08. The van der Waals surface area contributed by atoms with Crippen molar-refractivity contribution in [2.75, 3.05) is 0 Å². The van der Waals surface area contributed by atoms with Gasteiger partial charge < -0.3 is 4.74 Å². The lowest BCUT2D eigenvalue weighted by Crippen LogP contribution is -2.01. The van der Waals surface area contributed by atoms with Crippen LogP contribution in [0.2, 0.25) is 5.02 Å². The van der Waals surface area contributed by atoms with Crippen LogP contribution in [0.25, 0.3) is 0 Å². The van der Waals surface area contributed by atoms with Crippen LogP contribution in [-0.2, 0) is 13.0 Å². The summed E-state index contributed by atoms with van der Waals surface area (Å²) < 4.78 is 6.42. The minimum Gasteiger partial charge on any atom is -0.473 e. The van der Waals surface area contributed by atoms with Crippen molar-refractivity contribution >= 4 is 27.5 Å². The standard InChI is InChI=1S/C14H14BrClN2O/c1-2-3-13-17-12(15)8-14(18-13)19-9-10-4-6-11(16)7-5-10/h4-8H,2-3,9H2,1H3. The average Bonchev–Trinajstić information content (AvgIpc) is 2.38. The molecule has 0 aliphatic heterocycles. The van der Waals surface area contributed by atoms with E-state index in [9.17, 15) is 0 Å². The summed E-state index contributed by atoms with van der Waals surface area (Å²) in [6.07, 6.45) is 1.85. The lowest BCUT2D eigenvalue weighted by molar-refractivity contribution is 0.292. The fraction of sp³-hybridized carbons (Fsp3) is 0.286. The van der Waals surface area contributed by atoms with Crippen LogP contribution >= 0.6 is 27.5 Å². The second kappa shape index (κ2) is 6.87. The molecule has 3 nitrogen and oxygen atoms in total. The molecule has 0 unspecified atom stereocenters. The van der Waals surface area contributed by atoms with Gasteiger partial charge >= 0.3 is 0 Å². The van der Waals surface area contributed by atoms with Crippen LogP contribution in [0.5, 0.6) is 5.88 Å². The van der Waals surface area contributed by atoms with Crippen LogP contribution in [0.3, 0.4) is 0 Å². The van der Waals surface area contributed by atoms with Gasteiger partial charge in [-0.05, 0) is 40.0 Å². The lowest BCUT2D eigenvalue weighted by atomic mass is 10.2. The highest BCUT2D eigenvalue weighted by Crippen LogP contribution is 2.17. The number of hydrogen-bond donors (Lipinski definition) is 0. The molecule has 5 heteroatoms. The van der Waals surface area contributed by atoms with Gasteiger partial charge in [-0.25, -0.2) is 4.98 Å². The van der Waals surface area contributed by atoms with E-state index in [2.05, 4.69) is 32.8 Å². The predicted molar refractivity (Wildman–Crippen MR) is 79.5 cm³/mol. The van der Waals surface area contributed by atoms with Crippen LogP contribution in [0.1, 0.15) is 24.7 Å². The summed E-state index contributed by atoms with van der Waals surface area (Å²) in [5.41, 5.74) is 1.05. The van der Waals surface area contributed by atoms with E-state index in [1.165, 1.54) is 0 Å². The van der Waals surface area contributed by atoms with Gasteiger partial charge in [-0.15, -0.1) is 0 Å². The van der Waals surface area contributed by atoms with Crippen molar-refractivity contribution in [2.24, 2.45) is 0 Å². The molecule has 0 radical (unpaired) electrons. The quantitative estimate of drug-likeness (QED) is 0.755. The summed E-state index contributed by atoms with van der Waals surface area (Å²) in [7, 11) is 0. The highest BCUT2D eigenvalue weighted by Gasteiger charge is 2.04. The third-order valence-corrected chi connectivity index (χ3v) is 3.15. The number of aromatic nitrogens is 2. The van der Waals surface area contributed by atoms with Crippen molar-refractivity contribution in [3.05, 3.63) is 51.3 Å². The maximum atomic E-state index is 5.84. The summed E-state index contributed by atoms with van der Waals surface area (Å²) in [5.74, 6) is 1.38. The fourth-order valence-electron chi connectivity index (χ4n) is 1.59. The summed E-state index contributed by atoms with van der Waals surface area (Å²) in [5, 5.41) is 0.721. The third kappa shape index (κ3) is 4.48. The highest BCUT2D eigenvalue weighted by atomic mass is 79.9. The van der Waals surface area contributed by atoms with Crippen LogP contribution in [0.4, 0.5) is 0 Å². The molecule has 19 heavy (non-hydrogen) atoms. The molecule has 0 saturated heterocycles. The smallest absolute Gasteiger partial charge is 0.218 e. The molecule has 2 aromatic rings. The monoisotopic (exact) mass is 340 g/mol. The van der Waals surface area contributed by atoms with Crippen molar-refractivity contribution in [3.63, 3.8) is 0 Å². The van der Waals surface area contributed by atoms with Crippen LogP contribution in [0, 0.1) is 0 Å².